The Bertz CT molecular complexity index is 977. The van der Waals surface area contributed by atoms with E-state index >= 15 is 0 Å². The molecule has 2 heterocycles. The smallest absolute Gasteiger partial charge is 0.243 e. The highest BCUT2D eigenvalue weighted by Gasteiger charge is 2.26. The summed E-state index contributed by atoms with van der Waals surface area (Å²) in [6.45, 7) is 0.445. The molecule has 142 valence electrons. The van der Waals surface area contributed by atoms with E-state index in [1.54, 1.807) is 29.8 Å². The molecule has 3 aromatic rings. The van der Waals surface area contributed by atoms with Gasteiger partial charge in [-0.3, -0.25) is 4.98 Å². The lowest BCUT2D eigenvalue weighted by Crippen LogP contribution is -2.32. The van der Waals surface area contributed by atoms with E-state index in [0.29, 0.717) is 6.42 Å². The number of rotatable bonds is 8. The number of benzene rings is 1. The van der Waals surface area contributed by atoms with Crippen LogP contribution in [0, 0.1) is 5.82 Å². The van der Waals surface area contributed by atoms with E-state index in [1.807, 2.05) is 23.6 Å². The van der Waals surface area contributed by atoms with Crippen LogP contribution in [0.2, 0.25) is 0 Å². The van der Waals surface area contributed by atoms with E-state index in [4.69, 9.17) is 4.74 Å². The summed E-state index contributed by atoms with van der Waals surface area (Å²) in [6.07, 6.45) is 3.84. The summed E-state index contributed by atoms with van der Waals surface area (Å²) in [6, 6.07) is 11.1. The summed E-state index contributed by atoms with van der Waals surface area (Å²) in [5, 5.41) is 1.95. The highest BCUT2D eigenvalue weighted by Crippen LogP contribution is 2.25. The van der Waals surface area contributed by atoms with Crippen LogP contribution < -0.4 is 4.74 Å². The molecule has 0 aliphatic heterocycles. The molecule has 3 rings (SSSR count). The summed E-state index contributed by atoms with van der Waals surface area (Å²) in [5.41, 5.74) is 0.765. The van der Waals surface area contributed by atoms with Gasteiger partial charge in [0.05, 0.1) is 12.0 Å². The van der Waals surface area contributed by atoms with Crippen molar-refractivity contribution in [3.63, 3.8) is 0 Å². The number of thiophene rings is 1. The number of nitrogens with zero attached hydrogens (tertiary/aromatic N) is 2. The van der Waals surface area contributed by atoms with Crippen LogP contribution in [-0.2, 0) is 23.0 Å². The summed E-state index contributed by atoms with van der Waals surface area (Å²) in [7, 11) is -2.55. The molecule has 0 saturated carbocycles. The molecule has 8 heteroatoms. The van der Waals surface area contributed by atoms with Crippen LogP contribution in [0.5, 0.6) is 5.75 Å². The Balaban J connectivity index is 1.90. The summed E-state index contributed by atoms with van der Waals surface area (Å²) in [5.74, 6) is -0.704. The van der Waals surface area contributed by atoms with Crippen molar-refractivity contribution in [2.45, 2.75) is 17.9 Å². The minimum Gasteiger partial charge on any atom is -0.494 e. The largest absolute Gasteiger partial charge is 0.494 e. The van der Waals surface area contributed by atoms with Gasteiger partial charge in [0.1, 0.15) is 0 Å². The Labute approximate surface area is 162 Å². The van der Waals surface area contributed by atoms with Crippen molar-refractivity contribution >= 4 is 21.4 Å². The fourth-order valence-electron chi connectivity index (χ4n) is 2.63. The maximum Gasteiger partial charge on any atom is 0.243 e. The van der Waals surface area contributed by atoms with Crippen LogP contribution in [0.15, 0.2) is 65.1 Å². The summed E-state index contributed by atoms with van der Waals surface area (Å²) < 4.78 is 46.6. The molecule has 5 nitrogen and oxygen atoms in total. The first-order valence-corrected chi connectivity index (χ1v) is 10.6. The number of halogens is 1. The molecule has 0 saturated heterocycles. The Morgan fingerprint density at radius 1 is 1.22 bits per heavy atom. The van der Waals surface area contributed by atoms with Gasteiger partial charge in [-0.15, -0.1) is 11.3 Å². The predicted molar refractivity (Wildman–Crippen MR) is 103 cm³/mol. The summed E-state index contributed by atoms with van der Waals surface area (Å²) >= 11 is 1.57. The second-order valence-corrected chi connectivity index (χ2v) is 8.80. The van der Waals surface area contributed by atoms with Gasteiger partial charge in [-0.2, -0.15) is 4.31 Å². The second-order valence-electron chi connectivity index (χ2n) is 5.83. The van der Waals surface area contributed by atoms with Crippen molar-refractivity contribution in [2.75, 3.05) is 13.7 Å². The highest BCUT2D eigenvalue weighted by atomic mass is 32.2. The molecule has 0 radical (unpaired) electrons. The molecule has 2 aromatic heterocycles. The average molecular weight is 407 g/mol. The molecule has 0 spiro atoms. The van der Waals surface area contributed by atoms with Gasteiger partial charge in [0, 0.05) is 30.4 Å². The van der Waals surface area contributed by atoms with Gasteiger partial charge >= 0.3 is 0 Å². The number of ether oxygens (including phenoxy) is 1. The van der Waals surface area contributed by atoms with Gasteiger partial charge in [-0.25, -0.2) is 12.8 Å². The molecule has 27 heavy (non-hydrogen) atoms. The number of hydrogen-bond acceptors (Lipinski definition) is 5. The Hall–Kier alpha value is -2.29. The first-order valence-electron chi connectivity index (χ1n) is 8.25. The Kier molecular flexibility index (Phi) is 6.20. The molecule has 0 fully saturated rings. The fraction of sp³-hybridized carbons (Fsp3) is 0.211. The minimum atomic E-state index is -3.89. The molecular formula is C19H19FN2O3S2. The Morgan fingerprint density at radius 2 is 2.07 bits per heavy atom. The van der Waals surface area contributed by atoms with E-state index < -0.39 is 15.8 Å². The topological polar surface area (TPSA) is 59.5 Å². The van der Waals surface area contributed by atoms with Crippen molar-refractivity contribution in [1.82, 2.24) is 9.29 Å². The molecule has 1 aromatic carbocycles. The van der Waals surface area contributed by atoms with E-state index in [9.17, 15) is 12.8 Å². The lowest BCUT2D eigenvalue weighted by molar-refractivity contribution is 0.384. The second kappa shape index (κ2) is 8.60. The van der Waals surface area contributed by atoms with Gasteiger partial charge in [0.15, 0.2) is 11.6 Å². The Morgan fingerprint density at radius 3 is 2.70 bits per heavy atom. The maximum absolute atomic E-state index is 14.1. The summed E-state index contributed by atoms with van der Waals surface area (Å²) in [4.78, 5) is 5.03. The van der Waals surface area contributed by atoms with Gasteiger partial charge in [0.2, 0.25) is 10.0 Å². The standard InChI is InChI=1S/C19H19FN2O3S2/c1-25-19-7-6-17(12-18(19)20)27(23,24)22(10-8-16-5-3-11-26-16)14-15-4-2-9-21-13-15/h2-7,9,11-13H,8,10,14H2,1H3. The van der Waals surface area contributed by atoms with E-state index in [-0.39, 0.29) is 23.7 Å². The van der Waals surface area contributed by atoms with Gasteiger partial charge in [-0.1, -0.05) is 12.1 Å². The van der Waals surface area contributed by atoms with Gasteiger partial charge < -0.3 is 4.74 Å². The molecule has 0 N–H and O–H groups in total. The number of pyridine rings is 1. The van der Waals surface area contributed by atoms with E-state index in [1.165, 1.54) is 23.5 Å². The quantitative estimate of drug-likeness (QED) is 0.572. The molecule has 0 atom stereocenters. The van der Waals surface area contributed by atoms with Crippen molar-refractivity contribution in [1.29, 1.82) is 0 Å². The number of methoxy groups -OCH3 is 1. The maximum atomic E-state index is 14.1. The SMILES string of the molecule is COc1ccc(S(=O)(=O)N(CCc2cccs2)Cc2cccnc2)cc1F. The lowest BCUT2D eigenvalue weighted by Gasteiger charge is -2.22. The van der Waals surface area contributed by atoms with Crippen LogP contribution in [-0.4, -0.2) is 31.4 Å². The third-order valence-electron chi connectivity index (χ3n) is 4.03. The third kappa shape index (κ3) is 4.71. The number of hydrogen-bond donors (Lipinski definition) is 0. The number of sulfonamides is 1. The molecular weight excluding hydrogens is 387 g/mol. The lowest BCUT2D eigenvalue weighted by atomic mass is 10.3. The molecule has 0 aliphatic carbocycles. The van der Waals surface area contributed by atoms with Crippen molar-refractivity contribution in [2.24, 2.45) is 0 Å². The zero-order valence-electron chi connectivity index (χ0n) is 14.7. The predicted octanol–water partition coefficient (Wildman–Crippen LogP) is 3.72. The van der Waals surface area contributed by atoms with E-state index in [0.717, 1.165) is 16.5 Å². The monoisotopic (exact) mass is 406 g/mol. The first-order chi connectivity index (χ1) is 13.0. The van der Waals surface area contributed by atoms with Crippen molar-refractivity contribution in [3.05, 3.63) is 76.5 Å². The van der Waals surface area contributed by atoms with Gasteiger partial charge in [-0.05, 0) is 47.7 Å². The van der Waals surface area contributed by atoms with Gasteiger partial charge in [0.25, 0.3) is 0 Å². The third-order valence-corrected chi connectivity index (χ3v) is 6.81. The molecule has 0 aliphatic rings. The van der Waals surface area contributed by atoms with Crippen LogP contribution >= 0.6 is 11.3 Å². The zero-order valence-corrected chi connectivity index (χ0v) is 16.3. The fourth-order valence-corrected chi connectivity index (χ4v) is 4.77. The molecule has 0 bridgehead atoms. The van der Waals surface area contributed by atoms with E-state index in [2.05, 4.69) is 4.98 Å². The van der Waals surface area contributed by atoms with Crippen molar-refractivity contribution < 1.29 is 17.5 Å². The van der Waals surface area contributed by atoms with Crippen LogP contribution in [0.25, 0.3) is 0 Å². The van der Waals surface area contributed by atoms with Crippen LogP contribution in [0.4, 0.5) is 4.39 Å². The first kappa shape index (κ1) is 19.5. The van der Waals surface area contributed by atoms with Crippen molar-refractivity contribution in [3.8, 4) is 5.75 Å². The minimum absolute atomic E-state index is 0.00587. The zero-order chi connectivity index (χ0) is 19.3. The molecule has 0 amide bonds. The van der Waals surface area contributed by atoms with Crippen LogP contribution in [0.3, 0.4) is 0 Å². The number of aromatic nitrogens is 1. The molecule has 0 unspecified atom stereocenters. The highest BCUT2D eigenvalue weighted by molar-refractivity contribution is 7.89. The van der Waals surface area contributed by atoms with Crippen LogP contribution in [0.1, 0.15) is 10.4 Å². The average Bonchev–Trinajstić information content (AvgIpc) is 3.19. The normalized spacial score (nSPS) is 11.7.